The highest BCUT2D eigenvalue weighted by molar-refractivity contribution is 5.98. The maximum absolute atomic E-state index is 12.5. The van der Waals surface area contributed by atoms with Crippen LogP contribution in [-0.2, 0) is 6.54 Å². The van der Waals surface area contributed by atoms with Crippen LogP contribution < -0.4 is 10.1 Å². The van der Waals surface area contributed by atoms with Gasteiger partial charge in [0.15, 0.2) is 5.69 Å². The third-order valence-corrected chi connectivity index (χ3v) is 5.47. The molecular formula is C24H21N3O3. The van der Waals surface area contributed by atoms with Crippen molar-refractivity contribution in [2.24, 2.45) is 0 Å². The highest BCUT2D eigenvalue weighted by Crippen LogP contribution is 2.40. The zero-order valence-corrected chi connectivity index (χ0v) is 16.6. The number of hydrogen-bond acceptors (Lipinski definition) is 5. The first-order valence-corrected chi connectivity index (χ1v) is 9.98. The first-order valence-electron chi connectivity index (χ1n) is 9.98. The molecule has 0 spiro atoms. The van der Waals surface area contributed by atoms with Gasteiger partial charge in [-0.3, -0.25) is 9.78 Å². The van der Waals surface area contributed by atoms with Crippen LogP contribution in [0.25, 0.3) is 21.9 Å². The molecule has 30 heavy (non-hydrogen) atoms. The van der Waals surface area contributed by atoms with E-state index >= 15 is 0 Å². The van der Waals surface area contributed by atoms with E-state index in [2.05, 4.69) is 27.6 Å². The summed E-state index contributed by atoms with van der Waals surface area (Å²) in [6, 6.07) is 15.8. The van der Waals surface area contributed by atoms with Gasteiger partial charge in [0.2, 0.25) is 0 Å². The molecule has 1 saturated carbocycles. The van der Waals surface area contributed by atoms with Gasteiger partial charge in [-0.2, -0.15) is 0 Å². The predicted octanol–water partition coefficient (Wildman–Crippen LogP) is 4.71. The van der Waals surface area contributed by atoms with E-state index in [1.807, 2.05) is 36.5 Å². The first kappa shape index (κ1) is 18.4. The van der Waals surface area contributed by atoms with Crippen LogP contribution in [0.3, 0.4) is 0 Å². The van der Waals surface area contributed by atoms with Crippen LogP contribution in [0, 0.1) is 0 Å². The number of fused-ring (bicyclic) bond motifs is 1. The van der Waals surface area contributed by atoms with Gasteiger partial charge in [-0.05, 0) is 53.1 Å². The van der Waals surface area contributed by atoms with E-state index in [9.17, 15) is 4.79 Å². The van der Waals surface area contributed by atoms with Gasteiger partial charge in [-0.25, -0.2) is 0 Å². The average molecular weight is 399 g/mol. The second-order valence-corrected chi connectivity index (χ2v) is 7.50. The molecule has 2 heterocycles. The van der Waals surface area contributed by atoms with Crippen LogP contribution in [-0.4, -0.2) is 23.2 Å². The highest BCUT2D eigenvalue weighted by atomic mass is 16.5. The highest BCUT2D eigenvalue weighted by Gasteiger charge is 2.28. The monoisotopic (exact) mass is 399 g/mol. The molecule has 0 saturated heterocycles. The Labute approximate surface area is 173 Å². The smallest absolute Gasteiger partial charge is 0.273 e. The van der Waals surface area contributed by atoms with Crippen molar-refractivity contribution in [2.45, 2.75) is 25.3 Å². The fourth-order valence-corrected chi connectivity index (χ4v) is 3.67. The number of carbonyl (C=O) groups excluding carboxylic acids is 1. The summed E-state index contributed by atoms with van der Waals surface area (Å²) in [4.78, 5) is 16.8. The van der Waals surface area contributed by atoms with E-state index in [-0.39, 0.29) is 5.91 Å². The third kappa shape index (κ3) is 3.52. The van der Waals surface area contributed by atoms with E-state index in [0.29, 0.717) is 18.2 Å². The van der Waals surface area contributed by atoms with Gasteiger partial charge in [0, 0.05) is 36.3 Å². The predicted molar refractivity (Wildman–Crippen MR) is 113 cm³/mol. The minimum Gasteiger partial charge on any atom is -0.497 e. The third-order valence-electron chi connectivity index (χ3n) is 5.47. The fraction of sp³-hybridized carbons (Fsp3) is 0.208. The van der Waals surface area contributed by atoms with Crippen molar-refractivity contribution in [1.82, 2.24) is 15.5 Å². The van der Waals surface area contributed by atoms with Crippen molar-refractivity contribution in [2.75, 3.05) is 7.11 Å². The Morgan fingerprint density at radius 1 is 1.17 bits per heavy atom. The summed E-state index contributed by atoms with van der Waals surface area (Å²) < 4.78 is 10.7. The van der Waals surface area contributed by atoms with E-state index in [0.717, 1.165) is 51.8 Å². The SMILES string of the molecule is COc1cccc(-c2ccc(CNC(=O)c3cc(C4CC4)on3)c3cnccc23)c1. The number of aromatic nitrogens is 2. The van der Waals surface area contributed by atoms with Crippen molar-refractivity contribution >= 4 is 16.7 Å². The topological polar surface area (TPSA) is 77.2 Å². The quantitative estimate of drug-likeness (QED) is 0.508. The minimum absolute atomic E-state index is 0.237. The number of rotatable bonds is 6. The molecule has 6 nitrogen and oxygen atoms in total. The molecule has 0 bridgehead atoms. The molecule has 1 aliphatic rings. The van der Waals surface area contributed by atoms with Crippen LogP contribution in [0.5, 0.6) is 5.75 Å². The van der Waals surface area contributed by atoms with Crippen LogP contribution in [0.2, 0.25) is 0 Å². The summed E-state index contributed by atoms with van der Waals surface area (Å²) in [5, 5.41) is 8.93. The molecule has 2 aromatic carbocycles. The molecule has 0 aliphatic heterocycles. The standard InChI is InChI=1S/C24H21N3O3/c1-29-18-4-2-3-16(11-18)19-8-7-17(21-14-25-10-9-20(19)21)13-26-24(28)22-12-23(30-27-22)15-5-6-15/h2-4,7-12,14-15H,5-6,13H2,1H3,(H,26,28). The minimum atomic E-state index is -0.237. The first-order chi connectivity index (χ1) is 14.7. The van der Waals surface area contributed by atoms with Gasteiger partial charge >= 0.3 is 0 Å². The Hall–Kier alpha value is -3.67. The van der Waals surface area contributed by atoms with E-state index < -0.39 is 0 Å². The second kappa shape index (κ2) is 7.63. The lowest BCUT2D eigenvalue weighted by Crippen LogP contribution is -2.23. The van der Waals surface area contributed by atoms with Crippen molar-refractivity contribution in [3.8, 4) is 16.9 Å². The molecule has 1 amide bonds. The van der Waals surface area contributed by atoms with E-state index in [1.165, 1.54) is 0 Å². The summed E-state index contributed by atoms with van der Waals surface area (Å²) in [6.07, 6.45) is 5.83. The molecule has 0 radical (unpaired) electrons. The number of benzene rings is 2. The number of nitrogens with zero attached hydrogens (tertiary/aromatic N) is 2. The van der Waals surface area contributed by atoms with Gasteiger partial charge in [0.1, 0.15) is 11.5 Å². The molecule has 4 aromatic rings. The number of nitrogens with one attached hydrogen (secondary N) is 1. The average Bonchev–Trinajstić information content (AvgIpc) is 3.53. The summed E-state index contributed by atoms with van der Waals surface area (Å²) >= 11 is 0. The van der Waals surface area contributed by atoms with Crippen LogP contribution >= 0.6 is 0 Å². The number of pyridine rings is 1. The summed E-state index contributed by atoms with van der Waals surface area (Å²) in [6.45, 7) is 0.380. The Kier molecular flexibility index (Phi) is 4.67. The van der Waals surface area contributed by atoms with Crippen LogP contribution in [0.15, 0.2) is 65.4 Å². The Morgan fingerprint density at radius 2 is 2.07 bits per heavy atom. The van der Waals surface area contributed by atoms with Crippen LogP contribution in [0.1, 0.15) is 40.6 Å². The van der Waals surface area contributed by atoms with Crippen molar-refractivity contribution in [3.63, 3.8) is 0 Å². The molecule has 5 rings (SSSR count). The molecule has 0 atom stereocenters. The number of methoxy groups -OCH3 is 1. The van der Waals surface area contributed by atoms with Crippen LogP contribution in [0.4, 0.5) is 0 Å². The normalized spacial score (nSPS) is 13.4. The van der Waals surface area contributed by atoms with Gasteiger partial charge in [0.25, 0.3) is 5.91 Å². The fourth-order valence-electron chi connectivity index (χ4n) is 3.67. The van der Waals surface area contributed by atoms with Gasteiger partial charge < -0.3 is 14.6 Å². The summed E-state index contributed by atoms with van der Waals surface area (Å²) in [5.74, 6) is 1.81. The molecule has 0 unspecified atom stereocenters. The molecule has 1 N–H and O–H groups in total. The van der Waals surface area contributed by atoms with Crippen molar-refractivity contribution < 1.29 is 14.1 Å². The number of carbonyl (C=O) groups is 1. The van der Waals surface area contributed by atoms with Gasteiger partial charge in [-0.1, -0.05) is 29.4 Å². The lowest BCUT2D eigenvalue weighted by atomic mass is 9.96. The summed E-state index contributed by atoms with van der Waals surface area (Å²) in [5.41, 5.74) is 3.47. The number of hydrogen-bond donors (Lipinski definition) is 1. The second-order valence-electron chi connectivity index (χ2n) is 7.50. The Morgan fingerprint density at radius 3 is 2.90 bits per heavy atom. The molecule has 2 aromatic heterocycles. The van der Waals surface area contributed by atoms with E-state index in [4.69, 9.17) is 9.26 Å². The van der Waals surface area contributed by atoms with Crippen molar-refractivity contribution in [1.29, 1.82) is 0 Å². The Bertz CT molecular complexity index is 1230. The summed E-state index contributed by atoms with van der Waals surface area (Å²) in [7, 11) is 1.66. The zero-order valence-electron chi connectivity index (χ0n) is 16.6. The van der Waals surface area contributed by atoms with Gasteiger partial charge in [-0.15, -0.1) is 0 Å². The molecule has 1 fully saturated rings. The lowest BCUT2D eigenvalue weighted by molar-refractivity contribution is 0.0942. The maximum atomic E-state index is 12.5. The number of amides is 1. The lowest BCUT2D eigenvalue weighted by Gasteiger charge is -2.12. The molecule has 6 heteroatoms. The zero-order chi connectivity index (χ0) is 20.5. The largest absolute Gasteiger partial charge is 0.497 e. The van der Waals surface area contributed by atoms with Crippen molar-refractivity contribution in [3.05, 3.63) is 77.9 Å². The van der Waals surface area contributed by atoms with Gasteiger partial charge in [0.05, 0.1) is 7.11 Å². The number of ether oxygens (including phenoxy) is 1. The molecular weight excluding hydrogens is 378 g/mol. The molecule has 150 valence electrons. The molecule has 1 aliphatic carbocycles. The maximum Gasteiger partial charge on any atom is 0.273 e. The van der Waals surface area contributed by atoms with E-state index in [1.54, 1.807) is 19.4 Å². The Balaban J connectivity index is 1.41.